The van der Waals surface area contributed by atoms with Gasteiger partial charge in [-0.25, -0.2) is 9.97 Å². The third-order valence-corrected chi connectivity index (χ3v) is 2.24. The van der Waals surface area contributed by atoms with E-state index in [1.165, 1.54) is 0 Å². The van der Waals surface area contributed by atoms with Gasteiger partial charge in [0, 0.05) is 13.2 Å². The Kier molecular flexibility index (Phi) is 1.96. The Morgan fingerprint density at radius 3 is 2.92 bits per heavy atom. The number of nitrogens with zero attached hydrogens (tertiary/aromatic N) is 3. The lowest BCUT2D eigenvalue weighted by Crippen LogP contribution is -1.97. The van der Waals surface area contributed by atoms with Crippen molar-refractivity contribution in [3.05, 3.63) is 24.2 Å². The average molecular weight is 196 g/mol. The van der Waals surface area contributed by atoms with Crippen molar-refractivity contribution in [3.63, 3.8) is 0 Å². The molecule has 0 saturated heterocycles. The van der Waals surface area contributed by atoms with Gasteiger partial charge in [0.15, 0.2) is 5.65 Å². The number of aromatic nitrogens is 3. The van der Waals surface area contributed by atoms with Crippen LogP contribution < -0.4 is 0 Å². The molecule has 0 N–H and O–H groups in total. The molecule has 2 aromatic heterocycles. The minimum atomic E-state index is -0.0841. The van der Waals surface area contributed by atoms with Gasteiger partial charge in [-0.2, -0.15) is 0 Å². The number of hydrogen-bond acceptors (Lipinski definition) is 2. The molecule has 13 heavy (non-hydrogen) atoms. The van der Waals surface area contributed by atoms with Crippen molar-refractivity contribution in [3.8, 4) is 0 Å². The van der Waals surface area contributed by atoms with Crippen LogP contribution >= 0.6 is 11.6 Å². The number of halogens is 1. The van der Waals surface area contributed by atoms with Crippen molar-refractivity contribution < 1.29 is 0 Å². The van der Waals surface area contributed by atoms with Crippen molar-refractivity contribution in [2.24, 2.45) is 7.05 Å². The molecule has 0 aliphatic carbocycles. The highest BCUT2D eigenvalue weighted by atomic mass is 35.5. The second-order valence-electron chi connectivity index (χ2n) is 2.99. The molecule has 0 aliphatic rings. The summed E-state index contributed by atoms with van der Waals surface area (Å²) in [5.41, 5.74) is 1.78. The molecule has 2 rings (SSSR count). The molecule has 68 valence electrons. The van der Waals surface area contributed by atoms with Crippen LogP contribution in [-0.2, 0) is 7.05 Å². The molecule has 1 atom stereocenters. The van der Waals surface area contributed by atoms with E-state index in [9.17, 15) is 0 Å². The van der Waals surface area contributed by atoms with Gasteiger partial charge in [0.25, 0.3) is 0 Å². The summed E-state index contributed by atoms with van der Waals surface area (Å²) in [6.45, 7) is 1.91. The van der Waals surface area contributed by atoms with Gasteiger partial charge in [0.1, 0.15) is 5.82 Å². The van der Waals surface area contributed by atoms with E-state index in [0.717, 1.165) is 17.0 Å². The summed E-state index contributed by atoms with van der Waals surface area (Å²) in [5, 5.41) is -0.0841. The maximum Gasteiger partial charge on any atom is 0.177 e. The van der Waals surface area contributed by atoms with Crippen molar-refractivity contribution >= 4 is 22.8 Å². The van der Waals surface area contributed by atoms with Crippen molar-refractivity contribution in [2.75, 3.05) is 0 Å². The lowest BCUT2D eigenvalue weighted by Gasteiger charge is -2.01. The SMILES string of the molecule is CC(Cl)c1nc2ncccc2n1C. The van der Waals surface area contributed by atoms with Crippen molar-refractivity contribution in [2.45, 2.75) is 12.3 Å². The van der Waals surface area contributed by atoms with E-state index in [1.807, 2.05) is 30.7 Å². The van der Waals surface area contributed by atoms with Gasteiger partial charge < -0.3 is 4.57 Å². The molecule has 4 heteroatoms. The minimum absolute atomic E-state index is 0.0841. The van der Waals surface area contributed by atoms with E-state index in [4.69, 9.17) is 11.6 Å². The van der Waals surface area contributed by atoms with Gasteiger partial charge in [-0.3, -0.25) is 0 Å². The van der Waals surface area contributed by atoms with E-state index in [0.29, 0.717) is 0 Å². The van der Waals surface area contributed by atoms with Gasteiger partial charge in [-0.1, -0.05) is 0 Å². The van der Waals surface area contributed by atoms with Crippen LogP contribution in [0.4, 0.5) is 0 Å². The Balaban J connectivity index is 2.74. The number of aryl methyl sites for hydroxylation is 1. The number of hydrogen-bond donors (Lipinski definition) is 0. The molecule has 2 aromatic rings. The van der Waals surface area contributed by atoms with E-state index >= 15 is 0 Å². The van der Waals surface area contributed by atoms with Crippen LogP contribution in [-0.4, -0.2) is 14.5 Å². The summed E-state index contributed by atoms with van der Waals surface area (Å²) >= 11 is 5.97. The monoisotopic (exact) mass is 195 g/mol. The minimum Gasteiger partial charge on any atom is -0.329 e. The van der Waals surface area contributed by atoms with Gasteiger partial charge in [-0.05, 0) is 19.1 Å². The largest absolute Gasteiger partial charge is 0.329 e. The third kappa shape index (κ3) is 1.29. The van der Waals surface area contributed by atoms with Crippen LogP contribution in [0.5, 0.6) is 0 Å². The summed E-state index contributed by atoms with van der Waals surface area (Å²) in [5.74, 6) is 0.857. The van der Waals surface area contributed by atoms with Crippen LogP contribution in [0.2, 0.25) is 0 Å². The summed E-state index contributed by atoms with van der Waals surface area (Å²) in [4.78, 5) is 8.49. The highest BCUT2D eigenvalue weighted by molar-refractivity contribution is 6.20. The zero-order chi connectivity index (χ0) is 9.42. The number of fused-ring (bicyclic) bond motifs is 1. The first-order valence-electron chi connectivity index (χ1n) is 4.11. The molecule has 2 heterocycles. The molecular formula is C9H10ClN3. The van der Waals surface area contributed by atoms with Crippen molar-refractivity contribution in [1.29, 1.82) is 0 Å². The molecule has 3 nitrogen and oxygen atoms in total. The van der Waals surface area contributed by atoms with Gasteiger partial charge in [0.05, 0.1) is 10.9 Å². The Morgan fingerprint density at radius 2 is 2.31 bits per heavy atom. The van der Waals surface area contributed by atoms with Gasteiger partial charge in [0.2, 0.25) is 0 Å². The first kappa shape index (κ1) is 8.51. The fourth-order valence-corrected chi connectivity index (χ4v) is 1.59. The second-order valence-corrected chi connectivity index (χ2v) is 3.65. The Morgan fingerprint density at radius 1 is 1.54 bits per heavy atom. The quantitative estimate of drug-likeness (QED) is 0.654. The molecule has 0 saturated carbocycles. The number of alkyl halides is 1. The number of pyridine rings is 1. The first-order chi connectivity index (χ1) is 6.20. The molecule has 0 spiro atoms. The molecule has 0 aliphatic heterocycles. The van der Waals surface area contributed by atoms with Crippen LogP contribution in [0.15, 0.2) is 18.3 Å². The van der Waals surface area contributed by atoms with E-state index in [2.05, 4.69) is 9.97 Å². The van der Waals surface area contributed by atoms with Crippen LogP contribution in [0.1, 0.15) is 18.1 Å². The summed E-state index contributed by atoms with van der Waals surface area (Å²) < 4.78 is 1.97. The smallest absolute Gasteiger partial charge is 0.177 e. The zero-order valence-corrected chi connectivity index (χ0v) is 8.28. The fourth-order valence-electron chi connectivity index (χ4n) is 1.40. The van der Waals surface area contributed by atoms with Crippen molar-refractivity contribution in [1.82, 2.24) is 14.5 Å². The Labute approximate surface area is 81.4 Å². The van der Waals surface area contributed by atoms with Crippen LogP contribution in [0, 0.1) is 0 Å². The normalized spacial score (nSPS) is 13.5. The molecule has 0 aromatic carbocycles. The molecule has 1 unspecified atom stereocenters. The van der Waals surface area contributed by atoms with E-state index in [-0.39, 0.29) is 5.38 Å². The second kappa shape index (κ2) is 3.00. The number of rotatable bonds is 1. The van der Waals surface area contributed by atoms with E-state index in [1.54, 1.807) is 6.20 Å². The molecule has 0 radical (unpaired) electrons. The van der Waals surface area contributed by atoms with Gasteiger partial charge >= 0.3 is 0 Å². The topological polar surface area (TPSA) is 30.7 Å². The highest BCUT2D eigenvalue weighted by Gasteiger charge is 2.11. The molecule has 0 fully saturated rings. The lowest BCUT2D eigenvalue weighted by molar-refractivity contribution is 0.811. The fraction of sp³-hybridized carbons (Fsp3) is 0.333. The standard InChI is InChI=1S/C9H10ClN3/c1-6(10)9-12-8-7(13(9)2)4-3-5-11-8/h3-6H,1-2H3. The van der Waals surface area contributed by atoms with Gasteiger partial charge in [-0.15, -0.1) is 11.6 Å². The Hall–Kier alpha value is -1.09. The third-order valence-electron chi connectivity index (χ3n) is 2.05. The van der Waals surface area contributed by atoms with Crippen LogP contribution in [0.3, 0.4) is 0 Å². The maximum absolute atomic E-state index is 5.97. The van der Waals surface area contributed by atoms with E-state index < -0.39 is 0 Å². The number of imidazole rings is 1. The highest BCUT2D eigenvalue weighted by Crippen LogP contribution is 2.21. The summed E-state index contributed by atoms with van der Waals surface area (Å²) in [6, 6.07) is 3.88. The maximum atomic E-state index is 5.97. The zero-order valence-electron chi connectivity index (χ0n) is 7.53. The Bertz CT molecular complexity index is 433. The average Bonchev–Trinajstić information content (AvgIpc) is 2.45. The predicted molar refractivity (Wildman–Crippen MR) is 52.8 cm³/mol. The lowest BCUT2D eigenvalue weighted by atomic mass is 10.4. The molecule has 0 bridgehead atoms. The molecular weight excluding hydrogens is 186 g/mol. The predicted octanol–water partition coefficient (Wildman–Crippen LogP) is 2.27. The summed E-state index contributed by atoms with van der Waals surface area (Å²) in [6.07, 6.45) is 1.73. The van der Waals surface area contributed by atoms with Crippen LogP contribution in [0.25, 0.3) is 11.2 Å². The first-order valence-corrected chi connectivity index (χ1v) is 4.55. The molecule has 0 amide bonds. The summed E-state index contributed by atoms with van der Waals surface area (Å²) in [7, 11) is 1.95.